The largest absolute Gasteiger partial charge is 0.472 e. The Morgan fingerprint density at radius 3 is 2.72 bits per heavy atom. The van der Waals surface area contributed by atoms with E-state index in [4.69, 9.17) is 16.0 Å². The summed E-state index contributed by atoms with van der Waals surface area (Å²) in [6.07, 6.45) is -0.915. The van der Waals surface area contributed by atoms with Gasteiger partial charge in [-0.05, 0) is 18.6 Å². The highest BCUT2D eigenvalue weighted by Crippen LogP contribution is 2.37. The Balaban J connectivity index is 1.53. The van der Waals surface area contributed by atoms with Crippen molar-refractivity contribution in [2.24, 2.45) is 0 Å². The molecular formula is C20H18ClF5N4O2. The molecule has 1 fully saturated rings. The molecule has 0 aliphatic heterocycles. The number of nitrogens with one attached hydrogen (secondary N) is 2. The van der Waals surface area contributed by atoms with Crippen molar-refractivity contribution >= 4 is 23.2 Å². The van der Waals surface area contributed by atoms with Crippen LogP contribution in [0.1, 0.15) is 35.3 Å². The first-order valence-electron chi connectivity index (χ1n) is 9.76. The van der Waals surface area contributed by atoms with Gasteiger partial charge >= 0.3 is 6.18 Å². The summed E-state index contributed by atoms with van der Waals surface area (Å²) in [7, 11) is 0. The highest BCUT2D eigenvalue weighted by molar-refractivity contribution is 6.33. The van der Waals surface area contributed by atoms with Gasteiger partial charge in [0.2, 0.25) is 5.92 Å². The van der Waals surface area contributed by atoms with Crippen molar-refractivity contribution in [3.05, 3.63) is 47.3 Å². The van der Waals surface area contributed by atoms with Crippen molar-refractivity contribution in [2.45, 2.75) is 37.4 Å². The molecule has 6 nitrogen and oxygen atoms in total. The highest BCUT2D eigenvalue weighted by Gasteiger charge is 2.39. The number of carbonyl (C=O) groups excluding carboxylic acids is 1. The smallest absolute Gasteiger partial charge is 0.420 e. The predicted octanol–water partition coefficient (Wildman–Crippen LogP) is 4.77. The van der Waals surface area contributed by atoms with Gasteiger partial charge in [0, 0.05) is 49.3 Å². The van der Waals surface area contributed by atoms with Crippen LogP contribution in [0.2, 0.25) is 5.15 Å². The normalized spacial score (nSPS) is 18.4. The predicted molar refractivity (Wildman–Crippen MR) is 106 cm³/mol. The summed E-state index contributed by atoms with van der Waals surface area (Å²) in [5, 5.41) is 5.15. The number of pyridine rings is 1. The van der Waals surface area contributed by atoms with Crippen LogP contribution in [-0.4, -0.2) is 40.3 Å². The van der Waals surface area contributed by atoms with Crippen LogP contribution in [0.15, 0.2) is 35.3 Å². The van der Waals surface area contributed by atoms with E-state index in [0.29, 0.717) is 12.0 Å². The lowest BCUT2D eigenvalue weighted by molar-refractivity contribution is -0.136. The minimum Gasteiger partial charge on any atom is -0.472 e. The first-order valence-corrected chi connectivity index (χ1v) is 10.1. The quantitative estimate of drug-likeness (QED) is 0.397. The van der Waals surface area contributed by atoms with Gasteiger partial charge in [-0.2, -0.15) is 13.2 Å². The minimum atomic E-state index is -4.74. The molecule has 12 heteroatoms. The Kier molecular flexibility index (Phi) is 5.89. The molecule has 4 rings (SSSR count). The topological polar surface area (TPSA) is 71.6 Å². The molecule has 0 bridgehead atoms. The van der Waals surface area contributed by atoms with Gasteiger partial charge in [-0.15, -0.1) is 0 Å². The molecule has 3 heterocycles. The van der Waals surface area contributed by atoms with E-state index < -0.39 is 29.2 Å². The van der Waals surface area contributed by atoms with Crippen LogP contribution in [0, 0.1) is 0 Å². The fourth-order valence-electron chi connectivity index (χ4n) is 3.72. The lowest BCUT2D eigenvalue weighted by Gasteiger charge is -2.13. The molecule has 32 heavy (non-hydrogen) atoms. The maximum atomic E-state index is 13.7. The van der Waals surface area contributed by atoms with E-state index in [1.807, 2.05) is 0 Å². The first kappa shape index (κ1) is 22.5. The van der Waals surface area contributed by atoms with Crippen molar-refractivity contribution in [1.29, 1.82) is 0 Å². The van der Waals surface area contributed by atoms with Crippen LogP contribution in [-0.2, 0) is 6.18 Å². The van der Waals surface area contributed by atoms with E-state index in [-0.39, 0.29) is 48.4 Å². The van der Waals surface area contributed by atoms with Gasteiger partial charge in [0.05, 0.1) is 18.1 Å². The second-order valence-corrected chi connectivity index (χ2v) is 7.96. The number of rotatable bonds is 6. The minimum absolute atomic E-state index is 0.0670. The number of hydrogen-bond donors (Lipinski definition) is 2. The Labute approximate surface area is 183 Å². The summed E-state index contributed by atoms with van der Waals surface area (Å²) in [5.74, 6) is -3.45. The Morgan fingerprint density at radius 2 is 2.09 bits per heavy atom. The number of fused-ring (bicyclic) bond motifs is 1. The van der Waals surface area contributed by atoms with Gasteiger partial charge in [0.1, 0.15) is 5.15 Å². The zero-order valence-electron chi connectivity index (χ0n) is 16.5. The average molecular weight is 477 g/mol. The zero-order valence-corrected chi connectivity index (χ0v) is 17.2. The third-order valence-electron chi connectivity index (χ3n) is 5.28. The van der Waals surface area contributed by atoms with Crippen LogP contribution in [0.25, 0.3) is 16.8 Å². The molecule has 3 aromatic rings. The number of amides is 1. The van der Waals surface area contributed by atoms with Crippen LogP contribution in [0.3, 0.4) is 0 Å². The molecule has 0 saturated heterocycles. The summed E-state index contributed by atoms with van der Waals surface area (Å²) >= 11 is 6.21. The lowest BCUT2D eigenvalue weighted by atomic mass is 10.1. The summed E-state index contributed by atoms with van der Waals surface area (Å²) in [6.45, 7) is 0.285. The van der Waals surface area contributed by atoms with Crippen molar-refractivity contribution < 1.29 is 31.2 Å². The van der Waals surface area contributed by atoms with Crippen molar-refractivity contribution in [3.8, 4) is 11.1 Å². The molecule has 1 saturated carbocycles. The second-order valence-electron chi connectivity index (χ2n) is 7.60. The fraction of sp³-hybridized carbons (Fsp3) is 0.400. The number of aromatic nitrogens is 2. The van der Waals surface area contributed by atoms with Gasteiger partial charge < -0.3 is 15.1 Å². The second kappa shape index (κ2) is 8.36. The molecule has 0 spiro atoms. The van der Waals surface area contributed by atoms with E-state index in [9.17, 15) is 26.7 Å². The van der Waals surface area contributed by atoms with Gasteiger partial charge in [-0.25, -0.2) is 13.8 Å². The molecule has 1 atom stereocenters. The molecule has 0 aromatic carbocycles. The van der Waals surface area contributed by atoms with Crippen molar-refractivity contribution in [3.63, 3.8) is 0 Å². The van der Waals surface area contributed by atoms with Gasteiger partial charge in [0.15, 0.2) is 11.3 Å². The number of carbonyl (C=O) groups is 1. The molecule has 2 N–H and O–H groups in total. The molecular weight excluding hydrogens is 459 g/mol. The summed E-state index contributed by atoms with van der Waals surface area (Å²) in [4.78, 5) is 16.3. The maximum absolute atomic E-state index is 13.7. The lowest BCUT2D eigenvalue weighted by Crippen LogP contribution is -2.36. The van der Waals surface area contributed by atoms with Crippen LogP contribution >= 0.6 is 11.6 Å². The summed E-state index contributed by atoms with van der Waals surface area (Å²) in [5.41, 5.74) is -1.35. The zero-order chi connectivity index (χ0) is 23.1. The van der Waals surface area contributed by atoms with Gasteiger partial charge in [-0.3, -0.25) is 9.20 Å². The van der Waals surface area contributed by atoms with Crippen LogP contribution in [0.5, 0.6) is 0 Å². The third-order valence-corrected chi connectivity index (χ3v) is 5.64. The number of furan rings is 1. The Morgan fingerprint density at radius 1 is 1.31 bits per heavy atom. The fourth-order valence-corrected chi connectivity index (χ4v) is 3.97. The molecule has 1 unspecified atom stereocenters. The van der Waals surface area contributed by atoms with Crippen LogP contribution in [0.4, 0.5) is 22.0 Å². The third kappa shape index (κ3) is 4.58. The standard InChI is InChI=1S/C20H18ClF5N4O2/c21-16-15(18(31)28-5-4-27-13-1-3-19(22,23)8-13)29-17-14(20(24,25)26)7-12(9-30(16)17)11-2-6-32-10-11/h2,6-7,9-10,13,27H,1,3-5,8H2,(H,28,31). The van der Waals surface area contributed by atoms with E-state index in [2.05, 4.69) is 15.6 Å². The van der Waals surface area contributed by atoms with E-state index in [0.717, 1.165) is 10.5 Å². The molecule has 1 amide bonds. The van der Waals surface area contributed by atoms with E-state index in [1.54, 1.807) is 0 Å². The molecule has 1 aliphatic rings. The first-order chi connectivity index (χ1) is 15.0. The number of hydrogen-bond acceptors (Lipinski definition) is 4. The van der Waals surface area contributed by atoms with Gasteiger partial charge in [-0.1, -0.05) is 11.6 Å². The van der Waals surface area contributed by atoms with Gasteiger partial charge in [0.25, 0.3) is 5.91 Å². The average Bonchev–Trinajstić information content (AvgIpc) is 3.43. The number of halogens is 6. The monoisotopic (exact) mass is 476 g/mol. The number of alkyl halides is 5. The summed E-state index contributed by atoms with van der Waals surface area (Å²) < 4.78 is 73.3. The number of imidazole rings is 1. The number of nitrogens with zero attached hydrogens (tertiary/aromatic N) is 2. The van der Waals surface area contributed by atoms with E-state index >= 15 is 0 Å². The van der Waals surface area contributed by atoms with Crippen molar-refractivity contribution in [1.82, 2.24) is 20.0 Å². The highest BCUT2D eigenvalue weighted by atomic mass is 35.5. The Bertz CT molecular complexity index is 1130. The SMILES string of the molecule is O=C(NCCNC1CCC(F)(F)C1)c1nc2c(C(F)(F)F)cc(-c3ccoc3)cn2c1Cl. The summed E-state index contributed by atoms with van der Waals surface area (Å²) in [6, 6.07) is 2.05. The maximum Gasteiger partial charge on any atom is 0.420 e. The van der Waals surface area contributed by atoms with E-state index in [1.165, 1.54) is 24.8 Å². The van der Waals surface area contributed by atoms with Crippen LogP contribution < -0.4 is 10.6 Å². The molecule has 1 aliphatic carbocycles. The molecule has 172 valence electrons. The van der Waals surface area contributed by atoms with Crippen molar-refractivity contribution in [2.75, 3.05) is 13.1 Å². The Hall–Kier alpha value is -2.66. The molecule has 3 aromatic heterocycles. The molecule has 0 radical (unpaired) electrons.